The molecule has 0 rings (SSSR count). The van der Waals surface area contributed by atoms with Crippen LogP contribution in [0.3, 0.4) is 0 Å². The van der Waals surface area contributed by atoms with Crippen LogP contribution in [0.15, 0.2) is 0 Å². The van der Waals surface area contributed by atoms with Gasteiger partial charge in [-0.1, -0.05) is 0 Å². The molecule has 0 aliphatic heterocycles. The van der Waals surface area contributed by atoms with Crippen LogP contribution in [0.2, 0.25) is 0 Å². The fraction of sp³-hybridized carbons (Fsp3) is 1.00. The monoisotopic (exact) mass is 78.0 g/mol. The van der Waals surface area contributed by atoms with Crippen LogP contribution in [0.4, 0.5) is 8.78 Å². The van der Waals surface area contributed by atoms with E-state index in [9.17, 15) is 8.78 Å². The molecule has 0 atom stereocenters. The molecule has 0 aromatic carbocycles. The van der Waals surface area contributed by atoms with Crippen molar-refractivity contribution in [3.05, 3.63) is 0 Å². The van der Waals surface area contributed by atoms with E-state index in [2.05, 4.69) is 0 Å². The highest BCUT2D eigenvalue weighted by Gasteiger charge is 2.08. The number of hydrogen-bond acceptors (Lipinski definition) is 0. The minimum atomic E-state index is -2.50. The van der Waals surface area contributed by atoms with Gasteiger partial charge in [0, 0.05) is 0 Å². The van der Waals surface area contributed by atoms with E-state index in [-0.39, 0.29) is 0 Å². The van der Waals surface area contributed by atoms with Gasteiger partial charge in [0.25, 0.3) is 0 Å². The lowest BCUT2D eigenvalue weighted by Crippen LogP contribution is -2.06. The molecule has 0 aliphatic carbocycles. The number of hydrogen-bond donors (Lipinski definition) is 0. The third-order valence-electron chi connectivity index (χ3n) is 0. The van der Waals surface area contributed by atoms with E-state index in [4.69, 9.17) is 0 Å². The molecule has 0 aliphatic rings. The number of halogens is 2. The van der Waals surface area contributed by atoms with Gasteiger partial charge in [-0.3, -0.25) is 0 Å². The van der Waals surface area contributed by atoms with Gasteiger partial charge >= 0.3 is 0 Å². The van der Waals surface area contributed by atoms with E-state index in [1.54, 1.807) is 0 Å². The molecule has 0 fully saturated rings. The number of alkyl halides is 2. The summed E-state index contributed by atoms with van der Waals surface area (Å²) in [5.74, 6) is -2.50. The molecule has 30 valence electrons. The average Bonchev–Trinajstić information content (AvgIpc) is 0.722. The Bertz CT molecular complexity index is 23.1. The molecule has 0 heterocycles. The van der Waals surface area contributed by atoms with Gasteiger partial charge in [0.2, 0.25) is 5.82 Å². The van der Waals surface area contributed by atoms with Crippen LogP contribution in [-0.4, -0.2) is 13.7 Å². The molecule has 0 radical (unpaired) electrons. The van der Waals surface area contributed by atoms with Crippen LogP contribution in [0, 0.1) is 0 Å². The van der Waals surface area contributed by atoms with Gasteiger partial charge in [0.05, 0.1) is 0 Å². The minimum absolute atomic E-state index is 0.854. The van der Waals surface area contributed by atoms with Crippen molar-refractivity contribution in [2.75, 3.05) is 0 Å². The summed E-state index contributed by atoms with van der Waals surface area (Å²) in [6.07, 6.45) is 0. The first-order valence-corrected chi connectivity index (χ1v) is 1.38. The van der Waals surface area contributed by atoms with E-state index in [0.717, 1.165) is 14.8 Å². The fourth-order valence-corrected chi connectivity index (χ4v) is 0. The fourth-order valence-electron chi connectivity index (χ4n) is 0. The maximum Gasteiger partial charge on any atom is 0.204 e. The number of rotatable bonds is 0. The largest absolute Gasteiger partial charge is 0.219 e. The van der Waals surface area contributed by atoms with Crippen LogP contribution >= 0.6 is 0 Å². The Morgan fingerprint density at radius 1 is 1.60 bits per heavy atom. The van der Waals surface area contributed by atoms with Crippen molar-refractivity contribution in [1.29, 1.82) is 0 Å². The SMILES string of the molecule is BC(C)(F)F. The van der Waals surface area contributed by atoms with Crippen molar-refractivity contribution in [2.24, 2.45) is 0 Å². The van der Waals surface area contributed by atoms with Crippen LogP contribution in [0.1, 0.15) is 6.92 Å². The Kier molecular flexibility index (Phi) is 0.942. The van der Waals surface area contributed by atoms with Crippen LogP contribution in [0.5, 0.6) is 0 Å². The van der Waals surface area contributed by atoms with Crippen molar-refractivity contribution in [3.63, 3.8) is 0 Å². The predicted molar refractivity (Wildman–Crippen MR) is 19.2 cm³/mol. The third kappa shape index (κ3) is 2580. The quantitative estimate of drug-likeness (QED) is 0.364. The Morgan fingerprint density at radius 3 is 1.60 bits per heavy atom. The predicted octanol–water partition coefficient (Wildman–Crippen LogP) is 0.232. The Morgan fingerprint density at radius 2 is 1.60 bits per heavy atom. The van der Waals surface area contributed by atoms with Crippen LogP contribution in [0.25, 0.3) is 0 Å². The Balaban J connectivity index is 3.02. The van der Waals surface area contributed by atoms with E-state index < -0.39 is 5.82 Å². The summed E-state index contributed by atoms with van der Waals surface area (Å²) in [5.41, 5.74) is 0. The zero-order valence-electron chi connectivity index (χ0n) is 3.26. The molecule has 0 saturated carbocycles. The van der Waals surface area contributed by atoms with Gasteiger partial charge in [0.15, 0.2) is 7.85 Å². The molecule has 0 amide bonds. The topological polar surface area (TPSA) is 0 Å². The summed E-state index contributed by atoms with van der Waals surface area (Å²) in [5, 5.41) is 0. The molecular weight excluding hydrogens is 72.8 g/mol. The molecule has 0 spiro atoms. The van der Waals surface area contributed by atoms with Crippen molar-refractivity contribution < 1.29 is 8.78 Å². The third-order valence-corrected chi connectivity index (χ3v) is 0. The summed E-state index contributed by atoms with van der Waals surface area (Å²) >= 11 is 0. The van der Waals surface area contributed by atoms with Crippen molar-refractivity contribution >= 4 is 7.85 Å². The molecule has 0 nitrogen and oxygen atoms in total. The van der Waals surface area contributed by atoms with Crippen molar-refractivity contribution in [1.82, 2.24) is 0 Å². The minimum Gasteiger partial charge on any atom is -0.219 e. The molecule has 0 aromatic heterocycles. The van der Waals surface area contributed by atoms with E-state index in [1.807, 2.05) is 0 Å². The normalized spacial score (nSPS) is 11.8. The second-order valence-electron chi connectivity index (χ2n) is 1.33. The molecule has 0 bridgehead atoms. The van der Waals surface area contributed by atoms with E-state index in [0.29, 0.717) is 0 Å². The molecule has 0 unspecified atom stereocenters. The Labute approximate surface area is 30.6 Å². The second kappa shape index (κ2) is 0.957. The van der Waals surface area contributed by atoms with Gasteiger partial charge < -0.3 is 0 Å². The van der Waals surface area contributed by atoms with Gasteiger partial charge in [-0.15, -0.1) is 0 Å². The van der Waals surface area contributed by atoms with Gasteiger partial charge in [-0.25, -0.2) is 8.78 Å². The lowest BCUT2D eigenvalue weighted by molar-refractivity contribution is 0.118. The maximum absolute atomic E-state index is 11.0. The van der Waals surface area contributed by atoms with E-state index in [1.165, 1.54) is 0 Å². The van der Waals surface area contributed by atoms with Gasteiger partial charge in [-0.2, -0.15) is 0 Å². The molecule has 0 saturated heterocycles. The highest BCUT2D eigenvalue weighted by Crippen LogP contribution is 2.01. The molecule has 0 aromatic rings. The van der Waals surface area contributed by atoms with Crippen LogP contribution < -0.4 is 0 Å². The highest BCUT2D eigenvalue weighted by molar-refractivity contribution is 6.12. The smallest absolute Gasteiger partial charge is 0.204 e. The first kappa shape index (κ1) is 4.92. The standard InChI is InChI=1S/C2H5BF2/c1-2(3,4)5/h3H2,1H3. The van der Waals surface area contributed by atoms with Gasteiger partial charge in [-0.05, 0) is 6.92 Å². The second-order valence-corrected chi connectivity index (χ2v) is 1.33. The lowest BCUT2D eigenvalue weighted by Gasteiger charge is -1.94. The lowest BCUT2D eigenvalue weighted by atomic mass is 10.0. The molecule has 5 heavy (non-hydrogen) atoms. The Hall–Kier alpha value is -0.0751. The zero-order chi connectivity index (χ0) is 4.50. The van der Waals surface area contributed by atoms with E-state index >= 15 is 0 Å². The molecular formula is C2H5BF2. The summed E-state index contributed by atoms with van der Waals surface area (Å²) in [4.78, 5) is 0. The highest BCUT2D eigenvalue weighted by atomic mass is 19.3. The summed E-state index contributed by atoms with van der Waals surface area (Å²) in [6, 6.07) is 0. The average molecular weight is 77.9 g/mol. The molecule has 3 heteroatoms. The summed E-state index contributed by atoms with van der Waals surface area (Å²) in [7, 11) is 0.854. The first-order valence-electron chi connectivity index (χ1n) is 1.38. The summed E-state index contributed by atoms with van der Waals surface area (Å²) < 4.78 is 22.0. The summed E-state index contributed by atoms with van der Waals surface area (Å²) in [6.45, 7) is 0.854. The maximum atomic E-state index is 11.0. The molecule has 0 N–H and O–H groups in total. The van der Waals surface area contributed by atoms with Crippen molar-refractivity contribution in [3.8, 4) is 0 Å². The van der Waals surface area contributed by atoms with Crippen LogP contribution in [-0.2, 0) is 0 Å². The zero-order valence-corrected chi connectivity index (χ0v) is 3.26. The van der Waals surface area contributed by atoms with Crippen molar-refractivity contribution in [2.45, 2.75) is 12.7 Å². The van der Waals surface area contributed by atoms with Gasteiger partial charge in [0.1, 0.15) is 0 Å². The first-order chi connectivity index (χ1) is 2.00.